The highest BCUT2D eigenvalue weighted by Crippen LogP contribution is 2.39. The first-order chi connectivity index (χ1) is 17.5. The third kappa shape index (κ3) is 4.00. The van der Waals surface area contributed by atoms with E-state index in [0.29, 0.717) is 16.2 Å². The molecule has 186 valence electrons. The zero-order chi connectivity index (χ0) is 24.7. The van der Waals surface area contributed by atoms with Crippen molar-refractivity contribution in [2.45, 2.75) is 25.7 Å². The highest BCUT2D eigenvalue weighted by atomic mass is 32.1. The molecule has 36 heavy (non-hydrogen) atoms. The van der Waals surface area contributed by atoms with Gasteiger partial charge in [0.25, 0.3) is 5.91 Å². The van der Waals surface area contributed by atoms with Crippen molar-refractivity contribution < 1.29 is 4.79 Å². The second kappa shape index (κ2) is 9.18. The molecule has 0 bridgehead atoms. The standard InChI is InChI=1S/C26H29N7O2S/c1-31-21-5-2-3-6-22(21)33(25(31)35)24-30-19(16-36-24)23(34)29-18-15-27-12-7-20(18)32-13-9-26(10-14-32)8-4-11-28-17-26/h2-3,5-7,12,15-16,28H,4,8-11,13-14,17H2,1H3,(H,29,34). The number of rotatable bonds is 4. The van der Waals surface area contributed by atoms with Crippen LogP contribution in [0.25, 0.3) is 16.2 Å². The summed E-state index contributed by atoms with van der Waals surface area (Å²) in [6.45, 7) is 4.14. The Balaban J connectivity index is 1.21. The first-order valence-electron chi connectivity index (χ1n) is 12.4. The van der Waals surface area contributed by atoms with E-state index in [1.807, 2.05) is 30.3 Å². The van der Waals surface area contributed by atoms with Crippen LogP contribution in [0.15, 0.2) is 52.9 Å². The maximum Gasteiger partial charge on any atom is 0.335 e. The summed E-state index contributed by atoms with van der Waals surface area (Å²) in [4.78, 5) is 37.2. The molecule has 4 aromatic rings. The molecule has 2 aliphatic rings. The number of piperidine rings is 2. The SMILES string of the molecule is Cn1c(=O)n(-c2nc(C(=O)Nc3cnccc3N3CCC4(CCCNC4)CC3)cs2)c2ccccc21. The van der Waals surface area contributed by atoms with Gasteiger partial charge in [0.1, 0.15) is 5.69 Å². The Hall–Kier alpha value is -3.50. The number of aryl methyl sites for hydroxylation is 1. The molecule has 0 radical (unpaired) electrons. The predicted octanol–water partition coefficient (Wildman–Crippen LogP) is 3.40. The number of pyridine rings is 1. The average molecular weight is 504 g/mol. The lowest BCUT2D eigenvalue weighted by atomic mass is 9.73. The number of amides is 1. The largest absolute Gasteiger partial charge is 0.370 e. The maximum atomic E-state index is 13.2. The Kier molecular flexibility index (Phi) is 5.85. The van der Waals surface area contributed by atoms with Gasteiger partial charge in [0.15, 0.2) is 5.13 Å². The summed E-state index contributed by atoms with van der Waals surface area (Å²) in [5, 5.41) is 8.74. The molecule has 0 atom stereocenters. The Morgan fingerprint density at radius 3 is 2.72 bits per heavy atom. The van der Waals surface area contributed by atoms with Crippen LogP contribution in [0.3, 0.4) is 0 Å². The molecular formula is C26H29N7O2S. The van der Waals surface area contributed by atoms with Crippen molar-refractivity contribution in [3.63, 3.8) is 0 Å². The molecule has 0 unspecified atom stereocenters. The molecule has 2 aliphatic heterocycles. The smallest absolute Gasteiger partial charge is 0.335 e. The number of para-hydroxylation sites is 2. The number of carbonyl (C=O) groups excluding carboxylic acids is 1. The molecule has 2 N–H and O–H groups in total. The number of nitrogens with one attached hydrogen (secondary N) is 2. The molecule has 10 heteroatoms. The number of aromatic nitrogens is 4. The van der Waals surface area contributed by atoms with Gasteiger partial charge in [0.2, 0.25) is 0 Å². The minimum absolute atomic E-state index is 0.192. The minimum atomic E-state index is -0.315. The van der Waals surface area contributed by atoms with Crippen molar-refractivity contribution in [2.24, 2.45) is 12.5 Å². The van der Waals surface area contributed by atoms with Gasteiger partial charge in [-0.3, -0.25) is 14.3 Å². The normalized spacial score (nSPS) is 17.5. The van der Waals surface area contributed by atoms with Crippen molar-refractivity contribution in [3.8, 4) is 5.13 Å². The van der Waals surface area contributed by atoms with Crippen molar-refractivity contribution >= 4 is 39.7 Å². The van der Waals surface area contributed by atoms with Crippen molar-refractivity contribution in [2.75, 3.05) is 36.4 Å². The number of hydrogen-bond acceptors (Lipinski definition) is 7. The fourth-order valence-electron chi connectivity index (χ4n) is 5.57. The lowest BCUT2D eigenvalue weighted by molar-refractivity contribution is 0.102. The summed E-state index contributed by atoms with van der Waals surface area (Å²) in [7, 11) is 1.74. The van der Waals surface area contributed by atoms with E-state index in [1.54, 1.807) is 34.0 Å². The van der Waals surface area contributed by atoms with Crippen molar-refractivity contribution in [1.82, 2.24) is 24.4 Å². The molecule has 0 aliphatic carbocycles. The summed E-state index contributed by atoms with van der Waals surface area (Å²) in [5.41, 5.74) is 3.73. The summed E-state index contributed by atoms with van der Waals surface area (Å²) in [6, 6.07) is 9.52. The van der Waals surface area contributed by atoms with Crippen LogP contribution in [0.4, 0.5) is 11.4 Å². The second-order valence-corrected chi connectivity index (χ2v) is 10.6. The monoisotopic (exact) mass is 503 g/mol. The Morgan fingerprint density at radius 1 is 1.14 bits per heavy atom. The Labute approximate surface area is 212 Å². The van der Waals surface area contributed by atoms with Crippen LogP contribution in [-0.4, -0.2) is 51.2 Å². The van der Waals surface area contributed by atoms with E-state index in [0.717, 1.165) is 55.7 Å². The lowest BCUT2D eigenvalue weighted by Gasteiger charge is -2.45. The molecule has 1 aromatic carbocycles. The number of imidazole rings is 1. The number of benzene rings is 1. The van der Waals surface area contributed by atoms with Gasteiger partial charge in [-0.05, 0) is 55.8 Å². The van der Waals surface area contributed by atoms with E-state index in [-0.39, 0.29) is 17.3 Å². The van der Waals surface area contributed by atoms with E-state index in [1.165, 1.54) is 24.2 Å². The fourth-order valence-corrected chi connectivity index (χ4v) is 6.38. The van der Waals surface area contributed by atoms with Gasteiger partial charge >= 0.3 is 5.69 Å². The van der Waals surface area contributed by atoms with Gasteiger partial charge in [-0.1, -0.05) is 12.1 Å². The molecule has 9 nitrogen and oxygen atoms in total. The Bertz CT molecular complexity index is 1470. The molecule has 0 saturated carbocycles. The quantitative estimate of drug-likeness (QED) is 0.443. The zero-order valence-corrected chi connectivity index (χ0v) is 21.1. The average Bonchev–Trinajstić information content (AvgIpc) is 3.49. The van der Waals surface area contributed by atoms with Gasteiger partial charge in [-0.2, -0.15) is 0 Å². The van der Waals surface area contributed by atoms with E-state index >= 15 is 0 Å². The van der Waals surface area contributed by atoms with Gasteiger partial charge in [-0.15, -0.1) is 11.3 Å². The van der Waals surface area contributed by atoms with Crippen LogP contribution in [0, 0.1) is 5.41 Å². The van der Waals surface area contributed by atoms with Crippen LogP contribution in [0.5, 0.6) is 0 Å². The van der Waals surface area contributed by atoms with E-state index in [9.17, 15) is 9.59 Å². The van der Waals surface area contributed by atoms with Crippen LogP contribution in [0.1, 0.15) is 36.2 Å². The van der Waals surface area contributed by atoms with Crippen LogP contribution in [0.2, 0.25) is 0 Å². The Morgan fingerprint density at radius 2 is 1.94 bits per heavy atom. The summed E-state index contributed by atoms with van der Waals surface area (Å²) >= 11 is 1.27. The minimum Gasteiger partial charge on any atom is -0.370 e. The topological polar surface area (TPSA) is 97.1 Å². The van der Waals surface area contributed by atoms with Gasteiger partial charge in [-0.25, -0.2) is 14.3 Å². The highest BCUT2D eigenvalue weighted by molar-refractivity contribution is 7.12. The van der Waals surface area contributed by atoms with Crippen LogP contribution < -0.4 is 21.2 Å². The first-order valence-corrected chi connectivity index (χ1v) is 13.3. The summed E-state index contributed by atoms with van der Waals surface area (Å²) in [6.07, 6.45) is 8.29. The number of fused-ring (bicyclic) bond motifs is 1. The number of anilines is 2. The van der Waals surface area contributed by atoms with E-state index in [4.69, 9.17) is 0 Å². The lowest BCUT2D eigenvalue weighted by Crippen LogP contribution is -2.48. The van der Waals surface area contributed by atoms with Gasteiger partial charge < -0.3 is 15.5 Å². The zero-order valence-electron chi connectivity index (χ0n) is 20.2. The first kappa shape index (κ1) is 22.9. The molecule has 1 spiro atoms. The van der Waals surface area contributed by atoms with Crippen LogP contribution in [-0.2, 0) is 7.05 Å². The molecule has 1 amide bonds. The number of thiazole rings is 1. The number of carbonyl (C=O) groups is 1. The van der Waals surface area contributed by atoms with E-state index in [2.05, 4.69) is 25.5 Å². The molecule has 6 rings (SSSR count). The number of hydrogen-bond donors (Lipinski definition) is 2. The van der Waals surface area contributed by atoms with Gasteiger partial charge in [0, 0.05) is 38.3 Å². The highest BCUT2D eigenvalue weighted by Gasteiger charge is 2.36. The molecule has 2 fully saturated rings. The van der Waals surface area contributed by atoms with Gasteiger partial charge in [0.05, 0.1) is 28.6 Å². The molecule has 3 aromatic heterocycles. The van der Waals surface area contributed by atoms with Crippen molar-refractivity contribution in [1.29, 1.82) is 0 Å². The summed E-state index contributed by atoms with van der Waals surface area (Å²) < 4.78 is 3.14. The van der Waals surface area contributed by atoms with Crippen molar-refractivity contribution in [3.05, 3.63) is 64.3 Å². The van der Waals surface area contributed by atoms with E-state index < -0.39 is 0 Å². The number of nitrogens with zero attached hydrogens (tertiary/aromatic N) is 5. The third-order valence-corrected chi connectivity index (χ3v) is 8.48. The van der Waals surface area contributed by atoms with Crippen LogP contribution >= 0.6 is 11.3 Å². The third-order valence-electron chi connectivity index (χ3n) is 7.65. The summed E-state index contributed by atoms with van der Waals surface area (Å²) in [5.74, 6) is -0.315. The second-order valence-electron chi connectivity index (χ2n) is 9.80. The molecular weight excluding hydrogens is 474 g/mol. The maximum absolute atomic E-state index is 13.2. The molecule has 2 saturated heterocycles. The molecule has 5 heterocycles. The predicted molar refractivity (Wildman–Crippen MR) is 142 cm³/mol. The fraction of sp³-hybridized carbons (Fsp3) is 0.385.